The van der Waals surface area contributed by atoms with Crippen LogP contribution in [0, 0.1) is 13.8 Å². The standard InChI is InChI=1S/C34H39ClN4O3.ClH/c1-23-7-4-5-9-29(23)33(41)37-28-11-12-30(24(2)21-28)34(42)38-17-6-8-26(31-22-27(35)10-13-32(31)38)14-18-39(25(3)40)19-15-36-16-20-39;/h4-5,7,9-13,21-22,26,36H,6,8,14-20H2,1-3H3;1H/p+1. The Balaban J connectivity index is 0.00000423. The molecule has 0 bridgehead atoms. The van der Waals surface area contributed by atoms with Gasteiger partial charge in [0.25, 0.3) is 11.8 Å². The molecule has 3 aromatic rings. The average molecular weight is 625 g/mol. The molecule has 3 amide bonds. The molecule has 2 aliphatic rings. The third-order valence-electron chi connectivity index (χ3n) is 9.01. The number of fused-ring (bicyclic) bond motifs is 1. The van der Waals surface area contributed by atoms with Gasteiger partial charge in [-0.2, -0.15) is 0 Å². The van der Waals surface area contributed by atoms with Crippen LogP contribution in [0.15, 0.2) is 60.7 Å². The lowest BCUT2D eigenvalue weighted by molar-refractivity contribution is -0.856. The number of anilines is 2. The second-order valence-electron chi connectivity index (χ2n) is 11.7. The van der Waals surface area contributed by atoms with Crippen molar-refractivity contribution in [2.45, 2.75) is 46.0 Å². The molecular weight excluding hydrogens is 583 g/mol. The van der Waals surface area contributed by atoms with E-state index in [9.17, 15) is 14.4 Å². The summed E-state index contributed by atoms with van der Waals surface area (Å²) in [6.07, 6.45) is 2.65. The van der Waals surface area contributed by atoms with Crippen molar-refractivity contribution in [3.63, 3.8) is 0 Å². The molecule has 0 radical (unpaired) electrons. The van der Waals surface area contributed by atoms with Crippen LogP contribution < -0.4 is 15.5 Å². The van der Waals surface area contributed by atoms with E-state index in [1.54, 1.807) is 25.1 Å². The Morgan fingerprint density at radius 2 is 1.72 bits per heavy atom. The molecule has 0 aromatic heterocycles. The molecule has 0 saturated carbocycles. The number of carbonyl (C=O) groups excluding carboxylic acids is 3. The number of rotatable bonds is 6. The summed E-state index contributed by atoms with van der Waals surface area (Å²) in [4.78, 5) is 41.4. The molecule has 1 atom stereocenters. The van der Waals surface area contributed by atoms with Gasteiger partial charge in [-0.1, -0.05) is 29.8 Å². The number of halogens is 2. The van der Waals surface area contributed by atoms with Gasteiger partial charge in [-0.05, 0) is 91.8 Å². The lowest BCUT2D eigenvalue weighted by Crippen LogP contribution is -2.61. The highest BCUT2D eigenvalue weighted by atomic mass is 35.5. The van der Waals surface area contributed by atoms with Crippen LogP contribution in [0.2, 0.25) is 5.02 Å². The molecule has 0 spiro atoms. The second kappa shape index (κ2) is 14.0. The molecule has 3 aromatic carbocycles. The van der Waals surface area contributed by atoms with Crippen LogP contribution in [-0.4, -0.2) is 61.5 Å². The van der Waals surface area contributed by atoms with Crippen molar-refractivity contribution in [2.24, 2.45) is 0 Å². The maximum absolute atomic E-state index is 14.0. The molecule has 1 fully saturated rings. The van der Waals surface area contributed by atoms with E-state index in [2.05, 4.69) is 10.6 Å². The normalized spacial score (nSPS) is 17.7. The Bertz CT molecular complexity index is 1500. The third-order valence-corrected chi connectivity index (χ3v) is 9.25. The van der Waals surface area contributed by atoms with E-state index in [0.29, 0.717) is 32.9 Å². The summed E-state index contributed by atoms with van der Waals surface area (Å²) in [5.74, 6) is 0.191. The molecule has 2 aliphatic heterocycles. The summed E-state index contributed by atoms with van der Waals surface area (Å²) in [7, 11) is 0. The van der Waals surface area contributed by atoms with Gasteiger partial charge in [0.2, 0.25) is 0 Å². The maximum atomic E-state index is 14.0. The number of benzene rings is 3. The number of aryl methyl sites for hydroxylation is 2. The van der Waals surface area contributed by atoms with Crippen LogP contribution in [0.3, 0.4) is 0 Å². The smallest absolute Gasteiger partial charge is 0.310 e. The van der Waals surface area contributed by atoms with E-state index in [1.807, 2.05) is 61.2 Å². The molecule has 43 heavy (non-hydrogen) atoms. The highest BCUT2D eigenvalue weighted by molar-refractivity contribution is 6.30. The summed E-state index contributed by atoms with van der Waals surface area (Å²) < 4.78 is 0.508. The summed E-state index contributed by atoms with van der Waals surface area (Å²) in [6, 6.07) is 18.7. The summed E-state index contributed by atoms with van der Waals surface area (Å²) in [5.41, 5.74) is 5.54. The number of hydrogen-bond donors (Lipinski definition) is 2. The Kier molecular flexibility index (Phi) is 10.7. The number of carbonyl (C=O) groups is 3. The van der Waals surface area contributed by atoms with Gasteiger partial charge < -0.3 is 15.5 Å². The molecular formula is C34H41Cl2N4O3+. The molecule has 2 heterocycles. The van der Waals surface area contributed by atoms with E-state index < -0.39 is 0 Å². The molecule has 228 valence electrons. The molecule has 1 saturated heterocycles. The SMILES string of the molecule is CC(=O)[N+]1(CCC2CCCN(C(=O)c3ccc(NC(=O)c4ccccc4C)cc3C)c3ccc(Cl)cc32)CCNCC1.Cl. The van der Waals surface area contributed by atoms with Crippen molar-refractivity contribution < 1.29 is 18.9 Å². The number of amides is 3. The Hall–Kier alpha value is -3.23. The Morgan fingerprint density at radius 3 is 2.42 bits per heavy atom. The second-order valence-corrected chi connectivity index (χ2v) is 12.1. The Morgan fingerprint density at radius 1 is 0.977 bits per heavy atom. The monoisotopic (exact) mass is 623 g/mol. The highest BCUT2D eigenvalue weighted by Crippen LogP contribution is 2.39. The predicted molar refractivity (Wildman–Crippen MR) is 176 cm³/mol. The molecule has 2 N–H and O–H groups in total. The average Bonchev–Trinajstić information content (AvgIpc) is 3.15. The van der Waals surface area contributed by atoms with Crippen LogP contribution in [0.1, 0.15) is 69.5 Å². The minimum Gasteiger partial charge on any atom is -0.322 e. The van der Waals surface area contributed by atoms with E-state index >= 15 is 0 Å². The summed E-state index contributed by atoms with van der Waals surface area (Å²) >= 11 is 6.50. The zero-order valence-electron chi connectivity index (χ0n) is 25.1. The number of nitrogens with zero attached hydrogens (tertiary/aromatic N) is 2. The zero-order valence-corrected chi connectivity index (χ0v) is 26.7. The zero-order chi connectivity index (χ0) is 29.9. The van der Waals surface area contributed by atoms with Gasteiger partial charge in [0.05, 0.1) is 26.6 Å². The van der Waals surface area contributed by atoms with Crippen LogP contribution >= 0.6 is 24.0 Å². The van der Waals surface area contributed by atoms with Gasteiger partial charge in [0.15, 0.2) is 0 Å². The summed E-state index contributed by atoms with van der Waals surface area (Å²) in [5, 5.41) is 6.99. The summed E-state index contributed by atoms with van der Waals surface area (Å²) in [6.45, 7) is 10.2. The van der Waals surface area contributed by atoms with Crippen LogP contribution in [-0.2, 0) is 4.79 Å². The van der Waals surface area contributed by atoms with Crippen molar-refractivity contribution in [3.8, 4) is 0 Å². The van der Waals surface area contributed by atoms with E-state index in [0.717, 1.165) is 74.4 Å². The van der Waals surface area contributed by atoms with Crippen LogP contribution in [0.4, 0.5) is 11.4 Å². The van der Waals surface area contributed by atoms with Crippen molar-refractivity contribution in [2.75, 3.05) is 49.5 Å². The fraction of sp³-hybridized carbons (Fsp3) is 0.382. The van der Waals surface area contributed by atoms with Gasteiger partial charge in [0.1, 0.15) is 0 Å². The Labute approximate surface area is 265 Å². The molecule has 1 unspecified atom stereocenters. The quantitative estimate of drug-likeness (QED) is 0.307. The first-order valence-corrected chi connectivity index (χ1v) is 15.2. The lowest BCUT2D eigenvalue weighted by atomic mass is 9.90. The first kappa shape index (κ1) is 32.7. The third kappa shape index (κ3) is 7.13. The van der Waals surface area contributed by atoms with E-state index in [4.69, 9.17) is 11.6 Å². The van der Waals surface area contributed by atoms with Gasteiger partial charge in [0, 0.05) is 53.6 Å². The highest BCUT2D eigenvalue weighted by Gasteiger charge is 2.37. The minimum absolute atomic E-state index is 0. The van der Waals surface area contributed by atoms with Crippen molar-refractivity contribution in [3.05, 3.63) is 93.5 Å². The van der Waals surface area contributed by atoms with Crippen LogP contribution in [0.25, 0.3) is 0 Å². The van der Waals surface area contributed by atoms with Gasteiger partial charge in [-0.25, -0.2) is 4.79 Å². The largest absolute Gasteiger partial charge is 0.322 e. The fourth-order valence-electron chi connectivity index (χ4n) is 6.46. The van der Waals surface area contributed by atoms with Gasteiger partial charge >= 0.3 is 5.91 Å². The maximum Gasteiger partial charge on any atom is 0.310 e. The van der Waals surface area contributed by atoms with Crippen molar-refractivity contribution in [1.29, 1.82) is 0 Å². The number of nitrogens with one attached hydrogen (secondary N) is 2. The number of quaternary nitrogens is 1. The lowest BCUT2D eigenvalue weighted by Gasteiger charge is -2.39. The predicted octanol–water partition coefficient (Wildman–Crippen LogP) is 6.51. The number of hydrogen-bond acceptors (Lipinski definition) is 4. The van der Waals surface area contributed by atoms with Gasteiger partial charge in [-0.15, -0.1) is 12.4 Å². The van der Waals surface area contributed by atoms with Crippen molar-refractivity contribution in [1.82, 2.24) is 5.32 Å². The van der Waals surface area contributed by atoms with Crippen molar-refractivity contribution >= 4 is 53.1 Å². The van der Waals surface area contributed by atoms with Gasteiger partial charge in [-0.3, -0.25) is 14.1 Å². The molecule has 5 rings (SSSR count). The topological polar surface area (TPSA) is 78.5 Å². The molecule has 0 aliphatic carbocycles. The first-order valence-electron chi connectivity index (χ1n) is 14.9. The molecule has 9 heteroatoms. The fourth-order valence-corrected chi connectivity index (χ4v) is 6.64. The first-order chi connectivity index (χ1) is 20.2. The van der Waals surface area contributed by atoms with E-state index in [1.165, 1.54) is 0 Å². The van der Waals surface area contributed by atoms with Crippen LogP contribution in [0.5, 0.6) is 0 Å². The number of piperazine rings is 1. The minimum atomic E-state index is -0.175. The van der Waals surface area contributed by atoms with E-state index in [-0.39, 0.29) is 36.0 Å². The molecule has 7 nitrogen and oxygen atoms in total.